The minimum Gasteiger partial charge on any atom is -0.394 e. The predicted octanol–water partition coefficient (Wildman–Crippen LogP) is 0.296. The summed E-state index contributed by atoms with van der Waals surface area (Å²) in [7, 11) is 1.45. The highest BCUT2D eigenvalue weighted by Gasteiger charge is 2.44. The third-order valence-electron chi connectivity index (χ3n) is 2.99. The highest BCUT2D eigenvalue weighted by atomic mass is 16.7. The molecule has 0 aliphatic carbocycles. The third-order valence-corrected chi connectivity index (χ3v) is 2.99. The summed E-state index contributed by atoms with van der Waals surface area (Å²) in [5.74, 6) is 0. The quantitative estimate of drug-likeness (QED) is 0.791. The lowest BCUT2D eigenvalue weighted by Gasteiger charge is -2.19. The minimum absolute atomic E-state index is 0.212. The second-order valence-electron chi connectivity index (χ2n) is 4.21. The minimum atomic E-state index is -0.893. The van der Waals surface area contributed by atoms with Crippen molar-refractivity contribution in [2.24, 2.45) is 0 Å². The molecule has 5 heteroatoms. The molecule has 1 aromatic rings. The largest absolute Gasteiger partial charge is 0.394 e. The lowest BCUT2D eigenvalue weighted by Crippen LogP contribution is -2.36. The molecule has 1 heterocycles. The zero-order chi connectivity index (χ0) is 13.0. The predicted molar refractivity (Wildman–Crippen MR) is 63.8 cm³/mol. The maximum absolute atomic E-state index is 9.94. The Morgan fingerprint density at radius 3 is 2.61 bits per heavy atom. The first-order chi connectivity index (χ1) is 8.76. The van der Waals surface area contributed by atoms with Gasteiger partial charge in [-0.2, -0.15) is 0 Å². The molecule has 0 bridgehead atoms. The van der Waals surface area contributed by atoms with E-state index in [9.17, 15) is 10.2 Å². The molecule has 0 aromatic heterocycles. The van der Waals surface area contributed by atoms with E-state index in [1.54, 1.807) is 0 Å². The summed E-state index contributed by atoms with van der Waals surface area (Å²) in [4.78, 5) is 0. The first kappa shape index (κ1) is 13.5. The molecule has 0 amide bonds. The highest BCUT2D eigenvalue weighted by molar-refractivity contribution is 5.13. The van der Waals surface area contributed by atoms with Gasteiger partial charge in [0.2, 0.25) is 0 Å². The number of aliphatic hydroxyl groups excluding tert-OH is 2. The number of hydrogen-bond donors (Lipinski definition) is 2. The lowest BCUT2D eigenvalue weighted by atomic mass is 10.1. The second kappa shape index (κ2) is 6.26. The summed E-state index contributed by atoms with van der Waals surface area (Å²) in [5, 5.41) is 19.1. The van der Waals surface area contributed by atoms with Crippen LogP contribution in [0.4, 0.5) is 0 Å². The highest BCUT2D eigenvalue weighted by Crippen LogP contribution is 2.25. The van der Waals surface area contributed by atoms with Crippen LogP contribution in [0, 0.1) is 0 Å². The van der Waals surface area contributed by atoms with Gasteiger partial charge in [0.1, 0.15) is 18.3 Å². The summed E-state index contributed by atoms with van der Waals surface area (Å²) in [6.45, 7) is 0.148. The first-order valence-corrected chi connectivity index (χ1v) is 5.89. The summed E-state index contributed by atoms with van der Waals surface area (Å²) in [6, 6.07) is 9.63. The molecule has 2 rings (SSSR count). The Bertz CT molecular complexity index is 354. The molecular weight excluding hydrogens is 236 g/mol. The topological polar surface area (TPSA) is 68.2 Å². The van der Waals surface area contributed by atoms with Crippen molar-refractivity contribution >= 4 is 0 Å². The van der Waals surface area contributed by atoms with Crippen molar-refractivity contribution in [2.75, 3.05) is 13.7 Å². The number of benzene rings is 1. The monoisotopic (exact) mass is 254 g/mol. The molecule has 1 fully saturated rings. The Hall–Kier alpha value is -0.980. The summed E-state index contributed by atoms with van der Waals surface area (Å²) < 4.78 is 15.9. The number of rotatable bonds is 5. The molecule has 0 spiro atoms. The van der Waals surface area contributed by atoms with E-state index in [1.807, 2.05) is 30.3 Å². The maximum atomic E-state index is 9.94. The van der Waals surface area contributed by atoms with Crippen molar-refractivity contribution in [3.8, 4) is 0 Å². The molecule has 4 atom stereocenters. The van der Waals surface area contributed by atoms with E-state index in [-0.39, 0.29) is 6.61 Å². The summed E-state index contributed by atoms with van der Waals surface area (Å²) in [6.07, 6.45) is -2.78. The van der Waals surface area contributed by atoms with Crippen molar-refractivity contribution in [2.45, 2.75) is 31.2 Å². The second-order valence-corrected chi connectivity index (χ2v) is 4.21. The standard InChI is InChI=1S/C13H18O5/c1-16-13-11(15)12(10(7-14)18-13)17-8-9-5-3-2-4-6-9/h2-6,10-15H,7-8H2,1H3/t10-,11+,12-,13+/m1/s1. The molecule has 18 heavy (non-hydrogen) atoms. The van der Waals surface area contributed by atoms with Gasteiger partial charge in [-0.05, 0) is 5.56 Å². The Labute approximate surface area is 106 Å². The van der Waals surface area contributed by atoms with Gasteiger partial charge in [0.25, 0.3) is 0 Å². The normalized spacial score (nSPS) is 31.7. The van der Waals surface area contributed by atoms with Crippen molar-refractivity contribution in [3.05, 3.63) is 35.9 Å². The SMILES string of the molecule is CO[C@H]1O[C@H](CO)[C@@H](OCc2ccccc2)[C@@H]1O. The van der Waals surface area contributed by atoms with E-state index >= 15 is 0 Å². The van der Waals surface area contributed by atoms with Gasteiger partial charge < -0.3 is 24.4 Å². The van der Waals surface area contributed by atoms with Gasteiger partial charge >= 0.3 is 0 Å². The Balaban J connectivity index is 1.95. The van der Waals surface area contributed by atoms with Crippen LogP contribution in [0.25, 0.3) is 0 Å². The van der Waals surface area contributed by atoms with E-state index in [2.05, 4.69) is 0 Å². The van der Waals surface area contributed by atoms with Gasteiger partial charge in [-0.3, -0.25) is 0 Å². The van der Waals surface area contributed by atoms with Gasteiger partial charge in [-0.25, -0.2) is 0 Å². The smallest absolute Gasteiger partial charge is 0.186 e. The molecule has 0 unspecified atom stereocenters. The average molecular weight is 254 g/mol. The van der Waals surface area contributed by atoms with E-state index in [0.29, 0.717) is 6.61 Å². The Morgan fingerprint density at radius 2 is 2.00 bits per heavy atom. The molecule has 0 radical (unpaired) electrons. The van der Waals surface area contributed by atoms with Crippen LogP contribution in [0.1, 0.15) is 5.56 Å². The average Bonchev–Trinajstić information content (AvgIpc) is 2.73. The molecule has 100 valence electrons. The van der Waals surface area contributed by atoms with Crippen molar-refractivity contribution < 1.29 is 24.4 Å². The van der Waals surface area contributed by atoms with Gasteiger partial charge in [0.15, 0.2) is 6.29 Å². The van der Waals surface area contributed by atoms with Crippen LogP contribution in [0.2, 0.25) is 0 Å². The van der Waals surface area contributed by atoms with Crippen molar-refractivity contribution in [1.29, 1.82) is 0 Å². The fourth-order valence-electron chi connectivity index (χ4n) is 2.02. The number of methoxy groups -OCH3 is 1. The van der Waals surface area contributed by atoms with Crippen molar-refractivity contribution in [3.63, 3.8) is 0 Å². The van der Waals surface area contributed by atoms with Crippen LogP contribution in [-0.2, 0) is 20.8 Å². The first-order valence-electron chi connectivity index (χ1n) is 5.89. The maximum Gasteiger partial charge on any atom is 0.186 e. The molecule has 1 saturated heterocycles. The zero-order valence-electron chi connectivity index (χ0n) is 10.2. The number of aliphatic hydroxyl groups is 2. The summed E-state index contributed by atoms with van der Waals surface area (Å²) >= 11 is 0. The molecule has 0 saturated carbocycles. The van der Waals surface area contributed by atoms with Crippen molar-refractivity contribution in [1.82, 2.24) is 0 Å². The van der Waals surface area contributed by atoms with Gasteiger partial charge in [-0.15, -0.1) is 0 Å². The molecule has 1 aliphatic heterocycles. The Morgan fingerprint density at radius 1 is 1.28 bits per heavy atom. The van der Waals surface area contributed by atoms with E-state index in [0.717, 1.165) is 5.56 Å². The molecule has 1 aromatic carbocycles. The van der Waals surface area contributed by atoms with Gasteiger partial charge in [-0.1, -0.05) is 30.3 Å². The molecule has 5 nitrogen and oxygen atoms in total. The Kier molecular flexibility index (Phi) is 4.68. The fraction of sp³-hybridized carbons (Fsp3) is 0.538. The fourth-order valence-corrected chi connectivity index (χ4v) is 2.02. The molecule has 2 N–H and O–H groups in total. The van der Waals surface area contributed by atoms with Gasteiger partial charge in [0.05, 0.1) is 13.2 Å². The van der Waals surface area contributed by atoms with Crippen LogP contribution < -0.4 is 0 Å². The van der Waals surface area contributed by atoms with Crippen LogP contribution in [0.15, 0.2) is 30.3 Å². The van der Waals surface area contributed by atoms with Crippen LogP contribution >= 0.6 is 0 Å². The number of hydrogen-bond acceptors (Lipinski definition) is 5. The molecular formula is C13H18O5. The van der Waals surface area contributed by atoms with E-state index in [4.69, 9.17) is 14.2 Å². The van der Waals surface area contributed by atoms with E-state index < -0.39 is 24.6 Å². The lowest BCUT2D eigenvalue weighted by molar-refractivity contribution is -0.153. The van der Waals surface area contributed by atoms with Gasteiger partial charge in [0, 0.05) is 7.11 Å². The molecule has 1 aliphatic rings. The van der Waals surface area contributed by atoms with Crippen LogP contribution in [0.3, 0.4) is 0 Å². The summed E-state index contributed by atoms with van der Waals surface area (Å²) in [5.41, 5.74) is 1.00. The third kappa shape index (κ3) is 2.88. The number of ether oxygens (including phenoxy) is 3. The van der Waals surface area contributed by atoms with E-state index in [1.165, 1.54) is 7.11 Å². The zero-order valence-corrected chi connectivity index (χ0v) is 10.2. The van der Waals surface area contributed by atoms with Crippen LogP contribution in [-0.4, -0.2) is 48.5 Å². The van der Waals surface area contributed by atoms with Crippen LogP contribution in [0.5, 0.6) is 0 Å².